The Balaban J connectivity index is 2.35. The zero-order valence-electron chi connectivity index (χ0n) is 12.4. The second kappa shape index (κ2) is 5.66. The Bertz CT molecular complexity index is 934. The number of amides is 1. The molecule has 2 N–H and O–H groups in total. The van der Waals surface area contributed by atoms with E-state index in [0.29, 0.717) is 27.4 Å². The van der Waals surface area contributed by atoms with Crippen molar-refractivity contribution in [2.45, 2.75) is 6.92 Å². The summed E-state index contributed by atoms with van der Waals surface area (Å²) in [6, 6.07) is 6.65. The summed E-state index contributed by atoms with van der Waals surface area (Å²) in [5, 5.41) is 3.67. The van der Waals surface area contributed by atoms with Crippen molar-refractivity contribution >= 4 is 28.4 Å². The molecule has 0 unspecified atom stereocenters. The third-order valence-corrected chi connectivity index (χ3v) is 4.03. The van der Waals surface area contributed by atoms with Gasteiger partial charge in [0.05, 0.1) is 5.52 Å². The first kappa shape index (κ1) is 15.5. The van der Waals surface area contributed by atoms with E-state index in [-0.39, 0.29) is 11.5 Å². The van der Waals surface area contributed by atoms with Crippen molar-refractivity contribution < 1.29 is 13.6 Å². The summed E-state index contributed by atoms with van der Waals surface area (Å²) in [4.78, 5) is 15.0. The van der Waals surface area contributed by atoms with E-state index < -0.39 is 11.6 Å². The summed E-state index contributed by atoms with van der Waals surface area (Å²) >= 11 is 6.14. The third kappa shape index (κ3) is 2.57. The van der Waals surface area contributed by atoms with Gasteiger partial charge in [-0.3, -0.25) is 4.79 Å². The summed E-state index contributed by atoms with van der Waals surface area (Å²) in [5.41, 5.74) is 2.36. The van der Waals surface area contributed by atoms with Crippen LogP contribution in [0.15, 0.2) is 30.3 Å². The largest absolute Gasteiger partial charge is 0.354 e. The number of nitrogens with one attached hydrogen (secondary N) is 2. The number of fused-ring (bicyclic) bond motifs is 1. The van der Waals surface area contributed by atoms with Gasteiger partial charge in [-0.05, 0) is 36.8 Å². The fourth-order valence-electron chi connectivity index (χ4n) is 2.66. The van der Waals surface area contributed by atoms with E-state index in [1.165, 1.54) is 19.2 Å². The summed E-state index contributed by atoms with van der Waals surface area (Å²) in [7, 11) is 1.53. The average Bonchev–Trinajstić information content (AvgIpc) is 2.83. The minimum absolute atomic E-state index is 0.212. The molecule has 0 radical (unpaired) electrons. The van der Waals surface area contributed by atoms with E-state index in [9.17, 15) is 13.6 Å². The van der Waals surface area contributed by atoms with E-state index in [1.54, 1.807) is 19.1 Å². The number of aryl methyl sites for hydroxylation is 1. The zero-order valence-corrected chi connectivity index (χ0v) is 13.2. The van der Waals surface area contributed by atoms with E-state index in [1.807, 2.05) is 0 Å². The number of aromatic amines is 1. The quantitative estimate of drug-likeness (QED) is 0.715. The van der Waals surface area contributed by atoms with Gasteiger partial charge in [0.2, 0.25) is 0 Å². The van der Waals surface area contributed by atoms with Gasteiger partial charge >= 0.3 is 0 Å². The third-order valence-electron chi connectivity index (χ3n) is 3.81. The van der Waals surface area contributed by atoms with Gasteiger partial charge in [0.1, 0.15) is 17.3 Å². The second-order valence-electron chi connectivity index (χ2n) is 5.20. The summed E-state index contributed by atoms with van der Waals surface area (Å²) in [6.07, 6.45) is 0. The normalized spacial score (nSPS) is 11.0. The van der Waals surface area contributed by atoms with E-state index in [0.717, 1.165) is 11.5 Å². The maximum Gasteiger partial charge on any atom is 0.267 e. The van der Waals surface area contributed by atoms with Crippen LogP contribution < -0.4 is 5.32 Å². The van der Waals surface area contributed by atoms with Crippen molar-refractivity contribution in [1.82, 2.24) is 10.3 Å². The van der Waals surface area contributed by atoms with Gasteiger partial charge in [0, 0.05) is 34.6 Å². The Kier molecular flexibility index (Phi) is 3.82. The molecule has 23 heavy (non-hydrogen) atoms. The summed E-state index contributed by atoms with van der Waals surface area (Å²) in [5.74, 6) is -1.62. The molecule has 3 aromatic rings. The molecule has 6 heteroatoms. The predicted molar refractivity (Wildman–Crippen MR) is 86.8 cm³/mol. The fraction of sp³-hybridized carbons (Fsp3) is 0.118. The molecule has 3 nitrogen and oxygen atoms in total. The zero-order chi connectivity index (χ0) is 16.7. The molecule has 1 heterocycles. The Morgan fingerprint density at radius 1 is 1.17 bits per heavy atom. The Morgan fingerprint density at radius 3 is 2.57 bits per heavy atom. The number of carbonyl (C=O) groups excluding carboxylic acids is 1. The lowest BCUT2D eigenvalue weighted by Gasteiger charge is -2.07. The van der Waals surface area contributed by atoms with E-state index >= 15 is 0 Å². The van der Waals surface area contributed by atoms with Crippen LogP contribution >= 0.6 is 11.6 Å². The Morgan fingerprint density at radius 2 is 1.91 bits per heavy atom. The van der Waals surface area contributed by atoms with Gasteiger partial charge in [-0.2, -0.15) is 0 Å². The SMILES string of the molecule is CNC(=O)c1[nH]c2c(-c3ccc(F)cc3F)cc(Cl)cc2c1C. The maximum absolute atomic E-state index is 14.2. The highest BCUT2D eigenvalue weighted by Gasteiger charge is 2.18. The van der Waals surface area contributed by atoms with Crippen LogP contribution in [0.2, 0.25) is 5.02 Å². The molecular formula is C17H13ClF2N2O. The smallest absolute Gasteiger partial charge is 0.267 e. The molecule has 0 aliphatic rings. The second-order valence-corrected chi connectivity index (χ2v) is 5.64. The predicted octanol–water partition coefficient (Wildman–Crippen LogP) is 4.43. The molecule has 0 saturated heterocycles. The summed E-state index contributed by atoms with van der Waals surface area (Å²) < 4.78 is 27.3. The number of aromatic nitrogens is 1. The van der Waals surface area contributed by atoms with Crippen LogP contribution in [-0.4, -0.2) is 17.9 Å². The standard InChI is InChI=1S/C17H13ClF2N2O/c1-8-12-5-9(18)6-13(11-4-3-10(19)7-14(11)20)16(12)22-15(8)17(23)21-2/h3-7,22H,1-2H3,(H,21,23). The molecule has 118 valence electrons. The molecule has 2 aromatic carbocycles. The minimum atomic E-state index is -0.692. The summed E-state index contributed by atoms with van der Waals surface area (Å²) in [6.45, 7) is 1.78. The van der Waals surface area contributed by atoms with Gasteiger partial charge in [-0.15, -0.1) is 0 Å². The molecule has 0 spiro atoms. The van der Waals surface area contributed by atoms with Crippen molar-refractivity contribution in [3.05, 3.63) is 58.2 Å². The molecule has 0 bridgehead atoms. The molecular weight excluding hydrogens is 322 g/mol. The highest BCUT2D eigenvalue weighted by molar-refractivity contribution is 6.32. The monoisotopic (exact) mass is 334 g/mol. The fourth-order valence-corrected chi connectivity index (χ4v) is 2.88. The van der Waals surface area contributed by atoms with Crippen LogP contribution in [0.25, 0.3) is 22.0 Å². The number of halogens is 3. The number of rotatable bonds is 2. The van der Waals surface area contributed by atoms with Crippen LogP contribution in [0.4, 0.5) is 8.78 Å². The van der Waals surface area contributed by atoms with E-state index in [2.05, 4.69) is 10.3 Å². The van der Waals surface area contributed by atoms with Crippen molar-refractivity contribution in [3.63, 3.8) is 0 Å². The number of hydrogen-bond donors (Lipinski definition) is 2. The van der Waals surface area contributed by atoms with Gasteiger partial charge in [-0.1, -0.05) is 11.6 Å². The van der Waals surface area contributed by atoms with E-state index in [4.69, 9.17) is 11.6 Å². The molecule has 0 atom stereocenters. The van der Waals surface area contributed by atoms with Gasteiger partial charge < -0.3 is 10.3 Å². The number of H-pyrrole nitrogens is 1. The molecule has 3 rings (SSSR count). The maximum atomic E-state index is 14.2. The lowest BCUT2D eigenvalue weighted by molar-refractivity contribution is 0.0958. The highest BCUT2D eigenvalue weighted by atomic mass is 35.5. The van der Waals surface area contributed by atoms with Gasteiger partial charge in [0.15, 0.2) is 0 Å². The minimum Gasteiger partial charge on any atom is -0.354 e. The van der Waals surface area contributed by atoms with Crippen LogP contribution in [0.3, 0.4) is 0 Å². The molecule has 0 aliphatic carbocycles. The van der Waals surface area contributed by atoms with Crippen molar-refractivity contribution in [3.8, 4) is 11.1 Å². The Labute approximate surface area is 136 Å². The molecule has 1 amide bonds. The van der Waals surface area contributed by atoms with Crippen molar-refractivity contribution in [2.75, 3.05) is 7.05 Å². The number of carbonyl (C=O) groups is 1. The molecule has 1 aromatic heterocycles. The number of hydrogen-bond acceptors (Lipinski definition) is 1. The first-order chi connectivity index (χ1) is 10.9. The van der Waals surface area contributed by atoms with Crippen LogP contribution in [-0.2, 0) is 0 Å². The first-order valence-electron chi connectivity index (χ1n) is 6.91. The van der Waals surface area contributed by atoms with Gasteiger partial charge in [-0.25, -0.2) is 8.78 Å². The molecule has 0 fully saturated rings. The average molecular weight is 335 g/mol. The number of benzene rings is 2. The van der Waals surface area contributed by atoms with Crippen LogP contribution in [0.5, 0.6) is 0 Å². The highest BCUT2D eigenvalue weighted by Crippen LogP contribution is 2.35. The topological polar surface area (TPSA) is 44.9 Å². The van der Waals surface area contributed by atoms with Gasteiger partial charge in [0.25, 0.3) is 5.91 Å². The lowest BCUT2D eigenvalue weighted by Crippen LogP contribution is -2.19. The lowest BCUT2D eigenvalue weighted by atomic mass is 10.0. The Hall–Kier alpha value is -2.40. The molecule has 0 aliphatic heterocycles. The molecule has 0 saturated carbocycles. The van der Waals surface area contributed by atoms with Crippen molar-refractivity contribution in [2.24, 2.45) is 0 Å². The van der Waals surface area contributed by atoms with Crippen molar-refractivity contribution in [1.29, 1.82) is 0 Å². The van der Waals surface area contributed by atoms with Crippen LogP contribution in [0.1, 0.15) is 16.1 Å². The first-order valence-corrected chi connectivity index (χ1v) is 7.29. The van der Waals surface area contributed by atoms with Crippen LogP contribution in [0, 0.1) is 18.6 Å².